The van der Waals surface area contributed by atoms with E-state index < -0.39 is 35.2 Å². The third kappa shape index (κ3) is 8.93. The zero-order valence-corrected chi connectivity index (χ0v) is 32.5. The molecule has 4 aliphatic rings. The van der Waals surface area contributed by atoms with E-state index in [0.717, 1.165) is 76.4 Å². The van der Waals surface area contributed by atoms with Crippen LogP contribution < -0.4 is 30.7 Å². The highest BCUT2D eigenvalue weighted by molar-refractivity contribution is 6.05. The van der Waals surface area contributed by atoms with E-state index in [2.05, 4.69) is 45.7 Å². The van der Waals surface area contributed by atoms with Crippen molar-refractivity contribution in [2.24, 2.45) is 5.92 Å². The number of halogens is 4. The molecule has 8 rings (SSSR count). The fraction of sp³-hybridized carbons (Fsp3) is 0.415. The number of benzene rings is 1. The summed E-state index contributed by atoms with van der Waals surface area (Å²) in [5.74, 6) is 0.111. The number of imide groups is 1. The van der Waals surface area contributed by atoms with Gasteiger partial charge in [0.25, 0.3) is 5.91 Å². The summed E-state index contributed by atoms with van der Waals surface area (Å²) >= 11 is 0. The summed E-state index contributed by atoms with van der Waals surface area (Å²) in [6.45, 7) is 5.26. The molecule has 0 bridgehead atoms. The van der Waals surface area contributed by atoms with Gasteiger partial charge in [0.1, 0.15) is 23.8 Å². The smallest absolute Gasteiger partial charge is 0.365 e. The first-order valence-electron chi connectivity index (χ1n) is 19.9. The number of aromatic nitrogens is 4. The Morgan fingerprint density at radius 3 is 2.38 bits per heavy atom. The van der Waals surface area contributed by atoms with Crippen molar-refractivity contribution in [2.75, 3.05) is 65.8 Å². The van der Waals surface area contributed by atoms with E-state index in [4.69, 9.17) is 5.26 Å². The van der Waals surface area contributed by atoms with Crippen LogP contribution in [0.3, 0.4) is 0 Å². The number of nitrogens with zero attached hydrogens (tertiary/aromatic N) is 9. The van der Waals surface area contributed by atoms with E-state index in [1.807, 2.05) is 12.1 Å². The summed E-state index contributed by atoms with van der Waals surface area (Å²) in [4.78, 5) is 62.0. The lowest BCUT2D eigenvalue weighted by atomic mass is 9.85. The molecule has 3 N–H and O–H groups in total. The molecule has 0 unspecified atom stereocenters. The number of amides is 4. The predicted octanol–water partition coefficient (Wildman–Crippen LogP) is 5.16. The molecule has 4 aromatic rings. The van der Waals surface area contributed by atoms with Gasteiger partial charge in [-0.05, 0) is 80.5 Å². The van der Waals surface area contributed by atoms with Crippen LogP contribution in [0.5, 0.6) is 0 Å². The molecule has 2 saturated heterocycles. The summed E-state index contributed by atoms with van der Waals surface area (Å²) in [5.41, 5.74) is 0.639. The van der Waals surface area contributed by atoms with Gasteiger partial charge in [0, 0.05) is 69.5 Å². The van der Waals surface area contributed by atoms with Crippen molar-refractivity contribution in [2.45, 2.75) is 57.3 Å². The molecule has 1 saturated carbocycles. The molecule has 3 aromatic heterocycles. The molecule has 19 heteroatoms. The fourth-order valence-corrected chi connectivity index (χ4v) is 8.35. The Morgan fingerprint density at radius 2 is 1.68 bits per heavy atom. The molecule has 60 heavy (non-hydrogen) atoms. The number of hydrogen-bond donors (Lipinski definition) is 3. The van der Waals surface area contributed by atoms with Crippen LogP contribution in [0.4, 0.5) is 51.2 Å². The van der Waals surface area contributed by atoms with E-state index >= 15 is 4.39 Å². The van der Waals surface area contributed by atoms with Crippen molar-refractivity contribution in [1.29, 1.82) is 5.26 Å². The highest BCUT2D eigenvalue weighted by Crippen LogP contribution is 2.36. The van der Waals surface area contributed by atoms with Crippen LogP contribution in [-0.4, -0.2) is 94.5 Å². The SMILES string of the molecule is N#Cc1ccc(N2CCc3c(ncnc3Nc3ccc(C(=O)N[C@H]4CC[C@H](CN5CCN(c6ccc(N7CCC(=O)NC7=O)cn6)CC5)CC4)c(F)n3)C2)cc1C(F)(F)F. The lowest BCUT2D eigenvalue weighted by molar-refractivity contribution is -0.137. The summed E-state index contributed by atoms with van der Waals surface area (Å²) in [7, 11) is 0. The Labute approximate surface area is 342 Å². The number of piperazine rings is 1. The Bertz CT molecular complexity index is 2310. The number of hydrogen-bond acceptors (Lipinski definition) is 12. The van der Waals surface area contributed by atoms with Crippen LogP contribution in [-0.2, 0) is 23.9 Å². The second kappa shape index (κ2) is 17.0. The molecular formula is C41H42F4N12O3. The largest absolute Gasteiger partial charge is 0.417 e. The Morgan fingerprint density at radius 1 is 0.900 bits per heavy atom. The molecule has 0 spiro atoms. The van der Waals surface area contributed by atoms with E-state index in [1.165, 1.54) is 29.4 Å². The highest BCUT2D eigenvalue weighted by Gasteiger charge is 2.35. The lowest BCUT2D eigenvalue weighted by Crippen LogP contribution is -2.50. The Kier molecular flexibility index (Phi) is 11.5. The molecule has 0 radical (unpaired) electrons. The van der Waals surface area contributed by atoms with Crippen molar-refractivity contribution in [3.05, 3.63) is 88.9 Å². The van der Waals surface area contributed by atoms with Crippen molar-refractivity contribution >= 4 is 46.7 Å². The van der Waals surface area contributed by atoms with Crippen LogP contribution in [0.15, 0.2) is 55.0 Å². The third-order valence-electron chi connectivity index (χ3n) is 11.6. The van der Waals surface area contributed by atoms with Gasteiger partial charge in [-0.3, -0.25) is 24.7 Å². The normalized spacial score (nSPS) is 19.9. The molecule has 3 aliphatic heterocycles. The van der Waals surface area contributed by atoms with Crippen LogP contribution in [0.1, 0.15) is 64.8 Å². The van der Waals surface area contributed by atoms with Gasteiger partial charge in [0.15, 0.2) is 0 Å². The molecule has 1 aromatic carbocycles. The number of alkyl halides is 3. The maximum atomic E-state index is 15.3. The topological polar surface area (TPSA) is 176 Å². The standard InChI is InChI=1S/C41H42F4N12O3/c42-37-31(8-9-34(51-37)52-38-30-11-13-56(23-33(30)48-24-49-38)28-6-3-26(20-46)32(19-28)41(43,44)45)39(59)50-27-4-1-25(2-5-27)22-54-15-17-55(18-16-54)35-10-7-29(21-47-35)57-14-12-36(58)53-40(57)60/h3,6-10,19,21,24-25,27H,1-2,4-5,11-18,22-23H2,(H,50,59)(H,53,58,60)(H,48,49,51,52)/t25-,27-. The quantitative estimate of drug-likeness (QED) is 0.150. The van der Waals surface area contributed by atoms with Crippen LogP contribution in [0, 0.1) is 23.2 Å². The Hall–Kier alpha value is -6.42. The van der Waals surface area contributed by atoms with Crippen LogP contribution in [0.25, 0.3) is 0 Å². The molecule has 3 fully saturated rings. The number of carbonyl (C=O) groups excluding carboxylic acids is 3. The highest BCUT2D eigenvalue weighted by atomic mass is 19.4. The van der Waals surface area contributed by atoms with E-state index in [1.54, 1.807) is 17.2 Å². The molecule has 1 aliphatic carbocycles. The van der Waals surface area contributed by atoms with Gasteiger partial charge in [-0.2, -0.15) is 22.8 Å². The average molecular weight is 827 g/mol. The molecule has 0 atom stereocenters. The lowest BCUT2D eigenvalue weighted by Gasteiger charge is -2.38. The molecule has 6 heterocycles. The molecular weight excluding hydrogens is 785 g/mol. The zero-order valence-electron chi connectivity index (χ0n) is 32.5. The number of rotatable bonds is 9. The number of fused-ring (bicyclic) bond motifs is 1. The maximum absolute atomic E-state index is 15.3. The molecule has 15 nitrogen and oxygen atoms in total. The van der Waals surface area contributed by atoms with Crippen molar-refractivity contribution in [1.82, 2.24) is 35.5 Å². The second-order valence-electron chi connectivity index (χ2n) is 15.4. The number of urea groups is 1. The Balaban J connectivity index is 0.789. The molecule has 312 valence electrons. The van der Waals surface area contributed by atoms with Gasteiger partial charge in [0.05, 0.1) is 46.9 Å². The second-order valence-corrected chi connectivity index (χ2v) is 15.4. The van der Waals surface area contributed by atoms with Crippen molar-refractivity contribution in [3.8, 4) is 6.07 Å². The number of pyridine rings is 2. The van der Waals surface area contributed by atoms with E-state index in [0.29, 0.717) is 53.9 Å². The van der Waals surface area contributed by atoms with Gasteiger partial charge < -0.3 is 20.4 Å². The first-order chi connectivity index (χ1) is 28.9. The first kappa shape index (κ1) is 40.4. The first-order valence-corrected chi connectivity index (χ1v) is 19.9. The van der Waals surface area contributed by atoms with E-state index in [9.17, 15) is 27.6 Å². The predicted molar refractivity (Wildman–Crippen MR) is 212 cm³/mol. The summed E-state index contributed by atoms with van der Waals surface area (Å²) in [6, 6.07) is 11.3. The number of carbonyl (C=O) groups is 3. The third-order valence-corrected chi connectivity index (χ3v) is 11.6. The zero-order chi connectivity index (χ0) is 42.0. The van der Waals surface area contributed by atoms with Crippen molar-refractivity contribution < 1.29 is 31.9 Å². The van der Waals surface area contributed by atoms with Crippen LogP contribution in [0.2, 0.25) is 0 Å². The van der Waals surface area contributed by atoms with Crippen molar-refractivity contribution in [3.63, 3.8) is 0 Å². The molecule has 4 amide bonds. The minimum Gasteiger partial charge on any atom is -0.365 e. The van der Waals surface area contributed by atoms with Gasteiger partial charge in [-0.15, -0.1) is 0 Å². The van der Waals surface area contributed by atoms with E-state index in [-0.39, 0.29) is 36.3 Å². The summed E-state index contributed by atoms with van der Waals surface area (Å²) < 4.78 is 56.1. The average Bonchev–Trinajstić information content (AvgIpc) is 3.24. The minimum absolute atomic E-state index is 0.0789. The van der Waals surface area contributed by atoms with Gasteiger partial charge >= 0.3 is 12.2 Å². The van der Waals surface area contributed by atoms with Gasteiger partial charge in [0.2, 0.25) is 11.9 Å². The maximum Gasteiger partial charge on any atom is 0.417 e. The van der Waals surface area contributed by atoms with Gasteiger partial charge in [-0.25, -0.2) is 24.7 Å². The van der Waals surface area contributed by atoms with Crippen LogP contribution >= 0.6 is 0 Å². The summed E-state index contributed by atoms with van der Waals surface area (Å²) in [6.07, 6.45) is 2.39. The number of anilines is 5. The van der Waals surface area contributed by atoms with Gasteiger partial charge in [-0.1, -0.05) is 0 Å². The monoisotopic (exact) mass is 826 g/mol. The fourth-order valence-electron chi connectivity index (χ4n) is 8.35. The number of nitrogens with one attached hydrogen (secondary N) is 3. The minimum atomic E-state index is -4.68. The number of nitriles is 1. The summed E-state index contributed by atoms with van der Waals surface area (Å²) in [5, 5.41) is 17.5.